The molecule has 0 bridgehead atoms. The van der Waals surface area contributed by atoms with Crippen LogP contribution in [-0.4, -0.2) is 35.0 Å². The average molecular weight is 421 g/mol. The van der Waals surface area contributed by atoms with E-state index in [4.69, 9.17) is 4.74 Å². The predicted octanol–water partition coefficient (Wildman–Crippen LogP) is 4.21. The van der Waals surface area contributed by atoms with Crippen LogP contribution in [0.15, 0.2) is 34.0 Å². The highest BCUT2D eigenvalue weighted by molar-refractivity contribution is 8.01. The Balaban J connectivity index is 1.84. The Labute approximate surface area is 173 Å². The number of carbonyl (C=O) groups excluding carboxylic acids is 3. The molecule has 0 unspecified atom stereocenters. The van der Waals surface area contributed by atoms with E-state index < -0.39 is 0 Å². The van der Waals surface area contributed by atoms with E-state index in [2.05, 4.69) is 10.3 Å². The molecule has 1 aromatic heterocycles. The summed E-state index contributed by atoms with van der Waals surface area (Å²) in [6, 6.07) is 6.89. The van der Waals surface area contributed by atoms with Crippen molar-refractivity contribution >= 4 is 46.4 Å². The summed E-state index contributed by atoms with van der Waals surface area (Å²) in [5.74, 6) is 0.188. The van der Waals surface area contributed by atoms with E-state index in [1.165, 1.54) is 23.1 Å². The van der Waals surface area contributed by atoms with Crippen LogP contribution in [0.3, 0.4) is 0 Å². The smallest absolute Gasteiger partial charge is 0.311 e. The molecule has 1 aromatic carbocycles. The number of esters is 1. The maximum atomic E-state index is 12.4. The van der Waals surface area contributed by atoms with Crippen molar-refractivity contribution in [2.24, 2.45) is 5.92 Å². The Morgan fingerprint density at radius 3 is 2.57 bits per heavy atom. The fourth-order valence-electron chi connectivity index (χ4n) is 2.33. The first-order valence-electron chi connectivity index (χ1n) is 9.03. The number of amides is 1. The van der Waals surface area contributed by atoms with Gasteiger partial charge in [-0.2, -0.15) is 0 Å². The molecule has 1 amide bonds. The van der Waals surface area contributed by atoms with Crippen molar-refractivity contribution in [1.29, 1.82) is 0 Å². The molecule has 2 aromatic rings. The predicted molar refractivity (Wildman–Crippen MR) is 112 cm³/mol. The number of ketones is 1. The van der Waals surface area contributed by atoms with Crippen LogP contribution < -0.4 is 5.32 Å². The number of Topliss-reactive ketones (excluding diaryl/α,β-unsaturated/α-hetero) is 1. The number of thiazole rings is 1. The van der Waals surface area contributed by atoms with Crippen LogP contribution in [-0.2, 0) is 20.7 Å². The number of ether oxygens (including phenoxy) is 1. The minimum Gasteiger partial charge on any atom is -0.466 e. The van der Waals surface area contributed by atoms with Gasteiger partial charge in [-0.25, -0.2) is 4.98 Å². The third-order valence-corrected chi connectivity index (χ3v) is 5.64. The standard InChI is InChI=1S/C20H24N2O4S2/c1-4-26-19(25)10-16-11-27-20(22-16)28-12-17(23)14-5-7-15(8-6-14)21-18(24)9-13(2)3/h5-8,11,13H,4,9-10,12H2,1-3H3,(H,21,24). The van der Waals surface area contributed by atoms with Gasteiger partial charge in [-0.3, -0.25) is 14.4 Å². The monoisotopic (exact) mass is 420 g/mol. The lowest BCUT2D eigenvalue weighted by atomic mass is 10.1. The molecule has 1 heterocycles. The summed E-state index contributed by atoms with van der Waals surface area (Å²) >= 11 is 2.75. The summed E-state index contributed by atoms with van der Waals surface area (Å²) in [6.45, 7) is 6.08. The zero-order valence-electron chi connectivity index (χ0n) is 16.2. The van der Waals surface area contributed by atoms with Gasteiger partial charge in [-0.05, 0) is 37.1 Å². The summed E-state index contributed by atoms with van der Waals surface area (Å²) in [5.41, 5.74) is 1.91. The largest absolute Gasteiger partial charge is 0.466 e. The first-order chi connectivity index (χ1) is 13.4. The molecular formula is C20H24N2O4S2. The van der Waals surface area contributed by atoms with Crippen LogP contribution in [0.2, 0.25) is 0 Å². The number of thioether (sulfide) groups is 1. The van der Waals surface area contributed by atoms with Crippen molar-refractivity contribution in [3.8, 4) is 0 Å². The summed E-state index contributed by atoms with van der Waals surface area (Å²) in [5, 5.41) is 4.63. The Morgan fingerprint density at radius 1 is 1.21 bits per heavy atom. The first kappa shape index (κ1) is 22.1. The third kappa shape index (κ3) is 7.44. The van der Waals surface area contributed by atoms with Crippen LogP contribution in [0.4, 0.5) is 5.69 Å². The highest BCUT2D eigenvalue weighted by Gasteiger charge is 2.12. The van der Waals surface area contributed by atoms with Gasteiger partial charge in [0, 0.05) is 23.1 Å². The second kappa shape index (κ2) is 11.0. The second-order valence-electron chi connectivity index (χ2n) is 6.52. The van der Waals surface area contributed by atoms with Gasteiger partial charge in [-0.15, -0.1) is 11.3 Å². The summed E-state index contributed by atoms with van der Waals surface area (Å²) in [4.78, 5) is 40.0. The highest BCUT2D eigenvalue weighted by atomic mass is 32.2. The number of benzene rings is 1. The zero-order valence-corrected chi connectivity index (χ0v) is 17.8. The Hall–Kier alpha value is -2.19. The van der Waals surface area contributed by atoms with Crippen molar-refractivity contribution in [3.05, 3.63) is 40.9 Å². The number of nitrogens with zero attached hydrogens (tertiary/aromatic N) is 1. The number of hydrogen-bond acceptors (Lipinski definition) is 7. The van der Waals surface area contributed by atoms with Crippen molar-refractivity contribution in [1.82, 2.24) is 4.98 Å². The summed E-state index contributed by atoms with van der Waals surface area (Å²) in [7, 11) is 0. The molecule has 28 heavy (non-hydrogen) atoms. The summed E-state index contributed by atoms with van der Waals surface area (Å²) in [6.07, 6.45) is 0.603. The van der Waals surface area contributed by atoms with Crippen molar-refractivity contribution < 1.29 is 19.1 Å². The Bertz CT molecular complexity index is 816. The fraction of sp³-hybridized carbons (Fsp3) is 0.400. The van der Waals surface area contributed by atoms with Crippen LogP contribution >= 0.6 is 23.1 Å². The van der Waals surface area contributed by atoms with Gasteiger partial charge in [-0.1, -0.05) is 25.6 Å². The van der Waals surface area contributed by atoms with Gasteiger partial charge in [0.2, 0.25) is 5.91 Å². The van der Waals surface area contributed by atoms with E-state index in [0.29, 0.717) is 35.9 Å². The Morgan fingerprint density at radius 2 is 1.93 bits per heavy atom. The lowest BCUT2D eigenvalue weighted by Gasteiger charge is -2.07. The van der Waals surface area contributed by atoms with E-state index in [1.807, 2.05) is 13.8 Å². The number of hydrogen-bond donors (Lipinski definition) is 1. The van der Waals surface area contributed by atoms with Crippen molar-refractivity contribution in [2.45, 2.75) is 38.0 Å². The molecule has 0 atom stereocenters. The van der Waals surface area contributed by atoms with Gasteiger partial charge < -0.3 is 10.1 Å². The topological polar surface area (TPSA) is 85.4 Å². The molecule has 0 aliphatic rings. The van der Waals surface area contributed by atoms with E-state index in [9.17, 15) is 14.4 Å². The minimum absolute atomic E-state index is 0.0211. The third-order valence-electron chi connectivity index (χ3n) is 3.57. The number of aromatic nitrogens is 1. The molecule has 6 nitrogen and oxygen atoms in total. The molecule has 2 rings (SSSR count). The molecule has 150 valence electrons. The fourth-order valence-corrected chi connectivity index (χ4v) is 4.07. The number of anilines is 1. The lowest BCUT2D eigenvalue weighted by molar-refractivity contribution is -0.142. The first-order valence-corrected chi connectivity index (χ1v) is 10.9. The second-order valence-corrected chi connectivity index (χ2v) is 8.60. The number of carbonyl (C=O) groups is 3. The quantitative estimate of drug-likeness (QED) is 0.352. The SMILES string of the molecule is CCOC(=O)Cc1csc(SCC(=O)c2ccc(NC(=O)CC(C)C)cc2)n1. The van der Waals surface area contributed by atoms with Gasteiger partial charge in [0.1, 0.15) is 0 Å². The van der Waals surface area contributed by atoms with Crippen LogP contribution in [0.1, 0.15) is 43.2 Å². The minimum atomic E-state index is -0.305. The average Bonchev–Trinajstić information content (AvgIpc) is 3.07. The molecule has 0 saturated heterocycles. The van der Waals surface area contributed by atoms with Gasteiger partial charge >= 0.3 is 5.97 Å². The van der Waals surface area contributed by atoms with Gasteiger partial charge in [0.15, 0.2) is 10.1 Å². The van der Waals surface area contributed by atoms with Crippen LogP contribution in [0.5, 0.6) is 0 Å². The molecule has 8 heteroatoms. The molecule has 0 radical (unpaired) electrons. The Kier molecular flexibility index (Phi) is 8.66. The number of rotatable bonds is 10. The van der Waals surface area contributed by atoms with E-state index >= 15 is 0 Å². The van der Waals surface area contributed by atoms with Crippen molar-refractivity contribution in [3.63, 3.8) is 0 Å². The summed E-state index contributed by atoms with van der Waals surface area (Å²) < 4.78 is 5.64. The van der Waals surface area contributed by atoms with Crippen LogP contribution in [0.25, 0.3) is 0 Å². The lowest BCUT2D eigenvalue weighted by Crippen LogP contribution is -2.14. The van der Waals surface area contributed by atoms with Gasteiger partial charge in [0.05, 0.1) is 24.5 Å². The highest BCUT2D eigenvalue weighted by Crippen LogP contribution is 2.24. The molecular weight excluding hydrogens is 396 g/mol. The van der Waals surface area contributed by atoms with Gasteiger partial charge in [0.25, 0.3) is 0 Å². The zero-order chi connectivity index (χ0) is 20.5. The normalized spacial score (nSPS) is 10.7. The number of nitrogens with one attached hydrogen (secondary N) is 1. The molecule has 1 N–H and O–H groups in total. The molecule has 0 saturated carbocycles. The molecule has 0 aliphatic carbocycles. The maximum absolute atomic E-state index is 12.4. The molecule has 0 aliphatic heterocycles. The molecule has 0 fully saturated rings. The van der Waals surface area contributed by atoms with E-state index in [0.717, 1.165) is 4.34 Å². The molecule has 0 spiro atoms. The van der Waals surface area contributed by atoms with Crippen LogP contribution in [0, 0.1) is 5.92 Å². The van der Waals surface area contributed by atoms with E-state index in [-0.39, 0.29) is 29.8 Å². The van der Waals surface area contributed by atoms with Crippen molar-refractivity contribution in [2.75, 3.05) is 17.7 Å². The maximum Gasteiger partial charge on any atom is 0.311 e. The van der Waals surface area contributed by atoms with E-state index in [1.54, 1.807) is 36.6 Å².